The van der Waals surface area contributed by atoms with Gasteiger partial charge < -0.3 is 20.2 Å². The molecule has 28 heavy (non-hydrogen) atoms. The quantitative estimate of drug-likeness (QED) is 0.608. The first-order chi connectivity index (χ1) is 13.6. The second-order valence-electron chi connectivity index (χ2n) is 7.23. The summed E-state index contributed by atoms with van der Waals surface area (Å²) >= 11 is 0. The molecule has 0 spiro atoms. The molecule has 1 aromatic carbocycles. The summed E-state index contributed by atoms with van der Waals surface area (Å²) in [6, 6.07) is 5.95. The molecule has 0 unspecified atom stereocenters. The molecule has 6 nitrogen and oxygen atoms in total. The standard InChI is InChI=1S/C20H23F2N5O/c21-18(22)11-25-14-1-3-15(4-2-14)26-20(28)17-10-16(27-8-7-23-12-27)9-13-5-6-24-19(13)17/h5-10,12,14-15,18,24-25H,1-4,11H2,(H,26,28)/t14-,15-. The molecule has 0 saturated heterocycles. The van der Waals surface area contributed by atoms with Gasteiger partial charge in [-0.1, -0.05) is 0 Å². The molecule has 8 heteroatoms. The minimum atomic E-state index is -2.33. The van der Waals surface area contributed by atoms with Crippen molar-refractivity contribution in [2.75, 3.05) is 6.54 Å². The van der Waals surface area contributed by atoms with Crippen LogP contribution in [0.1, 0.15) is 36.0 Å². The Bertz CT molecular complexity index is 929. The van der Waals surface area contributed by atoms with Crippen LogP contribution in [0.2, 0.25) is 0 Å². The highest BCUT2D eigenvalue weighted by atomic mass is 19.3. The van der Waals surface area contributed by atoms with Crippen LogP contribution in [0.5, 0.6) is 0 Å². The van der Waals surface area contributed by atoms with Gasteiger partial charge in [0, 0.05) is 41.7 Å². The predicted molar refractivity (Wildman–Crippen MR) is 103 cm³/mol. The molecule has 0 radical (unpaired) electrons. The molecular weight excluding hydrogens is 364 g/mol. The molecule has 2 heterocycles. The number of nitrogens with one attached hydrogen (secondary N) is 3. The Morgan fingerprint density at radius 3 is 2.75 bits per heavy atom. The average Bonchev–Trinajstić information content (AvgIpc) is 3.38. The summed E-state index contributed by atoms with van der Waals surface area (Å²) < 4.78 is 26.5. The Balaban J connectivity index is 1.45. The topological polar surface area (TPSA) is 74.7 Å². The molecular formula is C20H23F2N5O. The number of nitrogens with zero attached hydrogens (tertiary/aromatic N) is 2. The van der Waals surface area contributed by atoms with Crippen molar-refractivity contribution in [3.05, 3.63) is 48.7 Å². The molecule has 4 rings (SSSR count). The highest BCUT2D eigenvalue weighted by Crippen LogP contribution is 2.24. The summed E-state index contributed by atoms with van der Waals surface area (Å²) in [4.78, 5) is 20.2. The summed E-state index contributed by atoms with van der Waals surface area (Å²) in [7, 11) is 0. The van der Waals surface area contributed by atoms with Crippen LogP contribution in [-0.2, 0) is 0 Å². The summed E-state index contributed by atoms with van der Waals surface area (Å²) in [5.74, 6) is -0.126. The lowest BCUT2D eigenvalue weighted by atomic mass is 9.91. The van der Waals surface area contributed by atoms with Gasteiger partial charge in [0.1, 0.15) is 0 Å². The smallest absolute Gasteiger partial charge is 0.253 e. The first-order valence-corrected chi connectivity index (χ1v) is 9.52. The average molecular weight is 387 g/mol. The SMILES string of the molecule is O=C(N[C@H]1CC[C@H](NCC(F)F)CC1)c1cc(-n2ccnc2)cc2cc[nH]c12. The number of imidazole rings is 1. The van der Waals surface area contributed by atoms with Crippen LogP contribution >= 0.6 is 0 Å². The predicted octanol–water partition coefficient (Wildman–Crippen LogP) is 3.25. The third-order valence-electron chi connectivity index (χ3n) is 5.31. The Kier molecular flexibility index (Phi) is 5.38. The van der Waals surface area contributed by atoms with Crippen LogP contribution in [0, 0.1) is 0 Å². The van der Waals surface area contributed by atoms with Crippen LogP contribution < -0.4 is 10.6 Å². The van der Waals surface area contributed by atoms with E-state index in [1.807, 2.05) is 35.2 Å². The van der Waals surface area contributed by atoms with Gasteiger partial charge in [-0.2, -0.15) is 0 Å². The van der Waals surface area contributed by atoms with E-state index in [0.29, 0.717) is 5.56 Å². The van der Waals surface area contributed by atoms with Crippen LogP contribution in [0.15, 0.2) is 43.1 Å². The second-order valence-corrected chi connectivity index (χ2v) is 7.23. The number of carbonyl (C=O) groups is 1. The summed E-state index contributed by atoms with van der Waals surface area (Å²) in [5.41, 5.74) is 2.26. The zero-order valence-corrected chi connectivity index (χ0v) is 15.4. The molecule has 1 amide bonds. The van der Waals surface area contributed by atoms with Gasteiger partial charge in [0.2, 0.25) is 0 Å². The normalized spacial score (nSPS) is 20.0. The van der Waals surface area contributed by atoms with E-state index in [9.17, 15) is 13.6 Å². The number of hydrogen-bond donors (Lipinski definition) is 3. The number of alkyl halides is 2. The number of rotatable bonds is 6. The van der Waals surface area contributed by atoms with E-state index >= 15 is 0 Å². The number of fused-ring (bicyclic) bond motifs is 1. The zero-order valence-electron chi connectivity index (χ0n) is 15.4. The largest absolute Gasteiger partial charge is 0.361 e. The van der Waals surface area contributed by atoms with Gasteiger partial charge in [-0.25, -0.2) is 13.8 Å². The number of aromatic nitrogens is 3. The Hall–Kier alpha value is -2.74. The molecule has 0 atom stereocenters. The number of benzene rings is 1. The zero-order chi connectivity index (χ0) is 19.5. The third-order valence-corrected chi connectivity index (χ3v) is 5.31. The lowest BCUT2D eigenvalue weighted by Gasteiger charge is -2.29. The molecule has 148 valence electrons. The third kappa shape index (κ3) is 4.06. The highest BCUT2D eigenvalue weighted by molar-refractivity contribution is 6.06. The number of aromatic amines is 1. The van der Waals surface area contributed by atoms with E-state index in [1.54, 1.807) is 12.5 Å². The number of halogens is 2. The van der Waals surface area contributed by atoms with Crippen LogP contribution in [0.3, 0.4) is 0 Å². The maximum atomic E-state index is 13.0. The van der Waals surface area contributed by atoms with Crippen molar-refractivity contribution in [3.63, 3.8) is 0 Å². The lowest BCUT2D eigenvalue weighted by Crippen LogP contribution is -2.43. The molecule has 1 fully saturated rings. The molecule has 0 aliphatic heterocycles. The Labute approximate surface area is 161 Å². The van der Waals surface area contributed by atoms with E-state index in [-0.39, 0.29) is 24.5 Å². The Morgan fingerprint density at radius 1 is 1.25 bits per heavy atom. The number of amides is 1. The molecule has 3 N–H and O–H groups in total. The summed E-state index contributed by atoms with van der Waals surface area (Å²) in [6.45, 7) is -0.270. The van der Waals surface area contributed by atoms with E-state index in [4.69, 9.17) is 0 Å². The fraction of sp³-hybridized carbons (Fsp3) is 0.400. The van der Waals surface area contributed by atoms with Gasteiger partial charge in [-0.15, -0.1) is 0 Å². The van der Waals surface area contributed by atoms with E-state index < -0.39 is 6.43 Å². The van der Waals surface area contributed by atoms with E-state index in [2.05, 4.69) is 20.6 Å². The van der Waals surface area contributed by atoms with Gasteiger partial charge in [-0.3, -0.25) is 4.79 Å². The number of hydrogen-bond acceptors (Lipinski definition) is 3. The van der Waals surface area contributed by atoms with Crippen molar-refractivity contribution < 1.29 is 13.6 Å². The van der Waals surface area contributed by atoms with Crippen LogP contribution in [0.25, 0.3) is 16.6 Å². The molecule has 1 saturated carbocycles. The van der Waals surface area contributed by atoms with Gasteiger partial charge in [0.15, 0.2) is 0 Å². The monoisotopic (exact) mass is 387 g/mol. The minimum absolute atomic E-state index is 0.0546. The molecule has 1 aliphatic carbocycles. The maximum absolute atomic E-state index is 13.0. The second kappa shape index (κ2) is 8.10. The molecule has 3 aromatic rings. The minimum Gasteiger partial charge on any atom is -0.361 e. The molecule has 0 bridgehead atoms. The summed E-state index contributed by atoms with van der Waals surface area (Å²) in [6.07, 6.45) is 7.84. The Morgan fingerprint density at radius 2 is 2.04 bits per heavy atom. The maximum Gasteiger partial charge on any atom is 0.253 e. The van der Waals surface area contributed by atoms with Crippen molar-refractivity contribution in [2.24, 2.45) is 0 Å². The summed E-state index contributed by atoms with van der Waals surface area (Å²) in [5, 5.41) is 6.96. The van der Waals surface area contributed by atoms with Crippen molar-refractivity contribution in [2.45, 2.75) is 44.2 Å². The van der Waals surface area contributed by atoms with Gasteiger partial charge in [-0.05, 0) is 43.9 Å². The van der Waals surface area contributed by atoms with Gasteiger partial charge >= 0.3 is 0 Å². The number of H-pyrrole nitrogens is 1. The van der Waals surface area contributed by atoms with E-state index in [1.165, 1.54) is 0 Å². The van der Waals surface area contributed by atoms with Crippen LogP contribution in [0.4, 0.5) is 8.78 Å². The highest BCUT2D eigenvalue weighted by Gasteiger charge is 2.24. The molecule has 2 aromatic heterocycles. The van der Waals surface area contributed by atoms with Crippen molar-refractivity contribution >= 4 is 16.8 Å². The van der Waals surface area contributed by atoms with Crippen molar-refractivity contribution in [1.29, 1.82) is 0 Å². The van der Waals surface area contributed by atoms with Crippen LogP contribution in [-0.4, -0.2) is 45.5 Å². The first-order valence-electron chi connectivity index (χ1n) is 9.52. The van der Waals surface area contributed by atoms with Gasteiger partial charge in [0.05, 0.1) is 24.0 Å². The number of carbonyl (C=O) groups excluding carboxylic acids is 1. The van der Waals surface area contributed by atoms with Crippen molar-refractivity contribution in [3.8, 4) is 5.69 Å². The fourth-order valence-corrected chi connectivity index (χ4v) is 3.86. The fourth-order valence-electron chi connectivity index (χ4n) is 3.86. The van der Waals surface area contributed by atoms with E-state index in [0.717, 1.165) is 42.3 Å². The lowest BCUT2D eigenvalue weighted by molar-refractivity contribution is 0.0923. The van der Waals surface area contributed by atoms with Crippen molar-refractivity contribution in [1.82, 2.24) is 25.2 Å². The first kappa shape index (κ1) is 18.6. The molecule has 1 aliphatic rings. The van der Waals surface area contributed by atoms with Gasteiger partial charge in [0.25, 0.3) is 12.3 Å².